The third kappa shape index (κ3) is 3.73. The molecule has 3 N–H and O–H groups in total. The van der Waals surface area contributed by atoms with Gasteiger partial charge in [-0.25, -0.2) is 13.6 Å². The molecule has 0 bridgehead atoms. The predicted octanol–water partition coefficient (Wildman–Crippen LogP) is 3.50. The molecule has 0 aliphatic rings. The lowest BCUT2D eigenvalue weighted by Gasteiger charge is -2.26. The van der Waals surface area contributed by atoms with Gasteiger partial charge in [-0.15, -0.1) is 0 Å². The fraction of sp³-hybridized carbons (Fsp3) is 0. The van der Waals surface area contributed by atoms with Crippen LogP contribution in [0.15, 0.2) is 89.8 Å². The molecule has 0 saturated heterocycles. The van der Waals surface area contributed by atoms with Crippen molar-refractivity contribution in [1.29, 1.82) is 0 Å². The second kappa shape index (κ2) is 6.74. The molecule has 0 unspecified atom stereocenters. The number of para-hydroxylation sites is 2. The van der Waals surface area contributed by atoms with Crippen LogP contribution in [0, 0.1) is 0 Å². The van der Waals surface area contributed by atoms with Crippen LogP contribution in [0.2, 0.25) is 0 Å². The number of nitrogens with one attached hydrogen (secondary N) is 1. The van der Waals surface area contributed by atoms with E-state index in [0.717, 1.165) is 17.1 Å². The molecular weight excluding hydrogens is 322 g/mol. The minimum Gasteiger partial charge on any atom is -0.294 e. The normalized spacial score (nSPS) is 11.0. The highest BCUT2D eigenvalue weighted by molar-refractivity contribution is 7.89. The molecule has 0 radical (unpaired) electrons. The van der Waals surface area contributed by atoms with Crippen LogP contribution in [0.1, 0.15) is 0 Å². The number of primary sulfonamides is 1. The second-order valence-electron chi connectivity index (χ2n) is 5.19. The molecule has 0 atom stereocenters. The molecule has 3 rings (SSSR count). The van der Waals surface area contributed by atoms with Crippen LogP contribution < -0.4 is 15.6 Å². The molecule has 0 aromatic heterocycles. The van der Waals surface area contributed by atoms with Crippen molar-refractivity contribution >= 4 is 27.1 Å². The van der Waals surface area contributed by atoms with Gasteiger partial charge in [0.05, 0.1) is 22.0 Å². The first-order valence-electron chi connectivity index (χ1n) is 7.34. The lowest BCUT2D eigenvalue weighted by Crippen LogP contribution is -2.24. The number of nitrogens with two attached hydrogens (primary N) is 1. The van der Waals surface area contributed by atoms with Crippen LogP contribution in [-0.2, 0) is 10.0 Å². The van der Waals surface area contributed by atoms with Crippen LogP contribution in [0.5, 0.6) is 0 Å². The highest BCUT2D eigenvalue weighted by atomic mass is 32.2. The van der Waals surface area contributed by atoms with Crippen molar-refractivity contribution in [1.82, 2.24) is 0 Å². The van der Waals surface area contributed by atoms with E-state index in [0.29, 0.717) is 0 Å². The summed E-state index contributed by atoms with van der Waals surface area (Å²) < 4.78 is 22.8. The number of anilines is 3. The van der Waals surface area contributed by atoms with Gasteiger partial charge in [-0.2, -0.15) is 0 Å². The van der Waals surface area contributed by atoms with Crippen molar-refractivity contribution in [2.45, 2.75) is 4.90 Å². The number of hydrazine groups is 1. The van der Waals surface area contributed by atoms with Gasteiger partial charge in [0, 0.05) is 0 Å². The van der Waals surface area contributed by atoms with Crippen LogP contribution >= 0.6 is 0 Å². The van der Waals surface area contributed by atoms with Crippen molar-refractivity contribution in [2.75, 3.05) is 10.4 Å². The van der Waals surface area contributed by atoms with Gasteiger partial charge in [0.15, 0.2) is 0 Å². The van der Waals surface area contributed by atoms with Crippen molar-refractivity contribution in [2.24, 2.45) is 5.14 Å². The van der Waals surface area contributed by atoms with Crippen molar-refractivity contribution in [3.05, 3.63) is 84.9 Å². The summed E-state index contributed by atoms with van der Waals surface area (Å²) >= 11 is 0. The van der Waals surface area contributed by atoms with E-state index in [9.17, 15) is 8.42 Å². The highest BCUT2D eigenvalue weighted by Crippen LogP contribution is 2.27. The van der Waals surface area contributed by atoms with Gasteiger partial charge in [-0.3, -0.25) is 10.4 Å². The van der Waals surface area contributed by atoms with Crippen LogP contribution in [-0.4, -0.2) is 8.42 Å². The minimum absolute atomic E-state index is 0.0824. The maximum Gasteiger partial charge on any atom is 0.238 e. The van der Waals surface area contributed by atoms with Crippen molar-refractivity contribution < 1.29 is 8.42 Å². The Hall–Kier alpha value is -2.83. The molecule has 3 aromatic carbocycles. The second-order valence-corrected chi connectivity index (χ2v) is 6.75. The molecule has 6 heteroatoms. The number of hydrogen-bond donors (Lipinski definition) is 2. The average molecular weight is 339 g/mol. The lowest BCUT2D eigenvalue weighted by atomic mass is 10.2. The van der Waals surface area contributed by atoms with Gasteiger partial charge < -0.3 is 0 Å². The highest BCUT2D eigenvalue weighted by Gasteiger charge is 2.12. The lowest BCUT2D eigenvalue weighted by molar-refractivity contribution is 0.598. The molecule has 0 aliphatic heterocycles. The summed E-state index contributed by atoms with van der Waals surface area (Å²) in [6.45, 7) is 0. The van der Waals surface area contributed by atoms with Gasteiger partial charge in [0.2, 0.25) is 10.0 Å². The molecular formula is C18H17N3O2S. The molecule has 0 spiro atoms. The zero-order chi connectivity index (χ0) is 17.0. The van der Waals surface area contributed by atoms with E-state index >= 15 is 0 Å². The molecule has 0 amide bonds. The van der Waals surface area contributed by atoms with Gasteiger partial charge in [-0.1, -0.05) is 36.4 Å². The van der Waals surface area contributed by atoms with Crippen LogP contribution in [0.25, 0.3) is 0 Å². The molecule has 5 nitrogen and oxygen atoms in total. The monoisotopic (exact) mass is 339 g/mol. The molecule has 3 aromatic rings. The first-order chi connectivity index (χ1) is 11.5. The van der Waals surface area contributed by atoms with E-state index in [4.69, 9.17) is 5.14 Å². The minimum atomic E-state index is -3.71. The third-order valence-corrected chi connectivity index (χ3v) is 4.38. The maximum absolute atomic E-state index is 11.4. The van der Waals surface area contributed by atoms with Gasteiger partial charge in [0.25, 0.3) is 0 Å². The van der Waals surface area contributed by atoms with Crippen LogP contribution in [0.4, 0.5) is 17.1 Å². The Kier molecular flexibility index (Phi) is 4.50. The number of hydrogen-bond acceptors (Lipinski definition) is 4. The maximum atomic E-state index is 11.4. The Balaban J connectivity index is 1.98. The summed E-state index contributed by atoms with van der Waals surface area (Å²) in [5.41, 5.74) is 5.95. The Morgan fingerprint density at radius 1 is 0.708 bits per heavy atom. The summed E-state index contributed by atoms with van der Waals surface area (Å²) in [5.74, 6) is 0. The SMILES string of the molecule is NS(=O)(=O)c1ccc(N(Nc2ccccc2)c2ccccc2)cc1. The fourth-order valence-corrected chi connectivity index (χ4v) is 2.80. The molecule has 0 saturated carbocycles. The first-order valence-corrected chi connectivity index (χ1v) is 8.88. The van der Waals surface area contributed by atoms with Crippen molar-refractivity contribution in [3.8, 4) is 0 Å². The molecule has 122 valence electrons. The fourth-order valence-electron chi connectivity index (χ4n) is 2.28. The van der Waals surface area contributed by atoms with E-state index in [1.165, 1.54) is 12.1 Å². The summed E-state index contributed by atoms with van der Waals surface area (Å²) in [6.07, 6.45) is 0. The number of nitrogens with zero attached hydrogens (tertiary/aromatic N) is 1. The van der Waals surface area contributed by atoms with E-state index in [2.05, 4.69) is 5.43 Å². The molecule has 0 fully saturated rings. The quantitative estimate of drug-likeness (QED) is 0.698. The van der Waals surface area contributed by atoms with E-state index in [1.807, 2.05) is 65.7 Å². The summed E-state index contributed by atoms with van der Waals surface area (Å²) in [4.78, 5) is 0.0824. The smallest absolute Gasteiger partial charge is 0.238 e. The van der Waals surface area contributed by atoms with Crippen LogP contribution in [0.3, 0.4) is 0 Å². The summed E-state index contributed by atoms with van der Waals surface area (Å²) in [6, 6.07) is 25.9. The molecule has 24 heavy (non-hydrogen) atoms. The topological polar surface area (TPSA) is 75.4 Å². The zero-order valence-corrected chi connectivity index (χ0v) is 13.6. The molecule has 0 heterocycles. The largest absolute Gasteiger partial charge is 0.294 e. The Morgan fingerprint density at radius 3 is 1.75 bits per heavy atom. The third-order valence-electron chi connectivity index (χ3n) is 3.45. The number of sulfonamides is 1. The zero-order valence-electron chi connectivity index (χ0n) is 12.8. The van der Waals surface area contributed by atoms with Gasteiger partial charge >= 0.3 is 0 Å². The van der Waals surface area contributed by atoms with E-state index in [1.54, 1.807) is 12.1 Å². The van der Waals surface area contributed by atoms with E-state index < -0.39 is 10.0 Å². The Labute approximate surface area is 141 Å². The predicted molar refractivity (Wildman–Crippen MR) is 96.5 cm³/mol. The first kappa shape index (κ1) is 16.0. The number of rotatable bonds is 5. The standard InChI is InChI=1S/C18H17N3O2S/c19-24(22,23)18-13-11-17(12-14-18)21(16-9-5-2-6-10-16)20-15-7-3-1-4-8-15/h1-14,20H,(H2,19,22,23). The molecule has 0 aliphatic carbocycles. The summed E-state index contributed by atoms with van der Waals surface area (Å²) in [7, 11) is -3.71. The van der Waals surface area contributed by atoms with Crippen molar-refractivity contribution in [3.63, 3.8) is 0 Å². The Bertz CT molecular complexity index is 896. The Morgan fingerprint density at radius 2 is 1.21 bits per heavy atom. The average Bonchev–Trinajstić information content (AvgIpc) is 2.61. The van der Waals surface area contributed by atoms with Gasteiger partial charge in [-0.05, 0) is 48.5 Å². The summed E-state index contributed by atoms with van der Waals surface area (Å²) in [5, 5.41) is 7.04. The van der Waals surface area contributed by atoms with E-state index in [-0.39, 0.29) is 4.90 Å². The number of benzene rings is 3. The van der Waals surface area contributed by atoms with Gasteiger partial charge in [0.1, 0.15) is 0 Å².